The van der Waals surface area contributed by atoms with Crippen LogP contribution in [0.25, 0.3) is 0 Å². The highest BCUT2D eigenvalue weighted by molar-refractivity contribution is 8.06. The second-order valence-electron chi connectivity index (χ2n) is 6.95. The number of carboxylic acids is 2. The lowest BCUT2D eigenvalue weighted by Crippen LogP contribution is -2.71. The minimum absolute atomic E-state index is 0.0271. The summed E-state index contributed by atoms with van der Waals surface area (Å²) in [6.45, 7) is 0.906. The van der Waals surface area contributed by atoms with Crippen molar-refractivity contribution in [2.75, 3.05) is 30.4 Å². The molecule has 0 saturated carbocycles. The van der Waals surface area contributed by atoms with Crippen LogP contribution in [0.5, 0.6) is 0 Å². The topological polar surface area (TPSA) is 214 Å². The first-order valence-corrected chi connectivity index (χ1v) is 12.7. The van der Waals surface area contributed by atoms with Gasteiger partial charge in [-0.1, -0.05) is 5.16 Å². The van der Waals surface area contributed by atoms with Gasteiger partial charge in [0.05, 0.1) is 0 Å². The van der Waals surface area contributed by atoms with E-state index in [2.05, 4.69) is 25.6 Å². The summed E-state index contributed by atoms with van der Waals surface area (Å²) >= 11 is 3.52. The molecule has 0 bridgehead atoms. The molecule has 17 heteroatoms. The maximum absolute atomic E-state index is 12.9. The van der Waals surface area contributed by atoms with Gasteiger partial charge in [0.2, 0.25) is 12.5 Å². The highest BCUT2D eigenvalue weighted by atomic mass is 32.2. The summed E-state index contributed by atoms with van der Waals surface area (Å²) in [5.41, 5.74) is 5.08. The fourth-order valence-corrected chi connectivity index (χ4v) is 6.12. The molecule has 0 spiro atoms. The number of hydrogen-bond donors (Lipinski definition) is 5. The maximum atomic E-state index is 12.9. The fourth-order valence-electron chi connectivity index (χ4n) is 3.07. The first-order valence-electron chi connectivity index (χ1n) is 9.82. The van der Waals surface area contributed by atoms with Crippen LogP contribution in [0.3, 0.4) is 0 Å². The maximum Gasteiger partial charge on any atom is 0.353 e. The summed E-state index contributed by atoms with van der Waals surface area (Å²) in [5, 5.41) is 28.0. The predicted molar refractivity (Wildman–Crippen MR) is 127 cm³/mol. The van der Waals surface area contributed by atoms with Crippen LogP contribution in [0, 0.1) is 0 Å². The Balaban J connectivity index is 1.72. The number of carbonyl (C=O) groups is 5. The summed E-state index contributed by atoms with van der Waals surface area (Å²) in [5.74, 6) is -3.58. The van der Waals surface area contributed by atoms with E-state index in [1.54, 1.807) is 0 Å². The van der Waals surface area contributed by atoms with Crippen LogP contribution in [0.15, 0.2) is 21.1 Å². The van der Waals surface area contributed by atoms with Gasteiger partial charge in [-0.3, -0.25) is 19.3 Å². The van der Waals surface area contributed by atoms with Crippen molar-refractivity contribution in [1.29, 1.82) is 0 Å². The fraction of sp³-hybridized carbons (Fsp3) is 0.389. The molecule has 3 amide bonds. The zero-order chi connectivity index (χ0) is 25.7. The molecule has 1 aromatic rings. The normalized spacial score (nSPS) is 19.5. The zero-order valence-corrected chi connectivity index (χ0v) is 20.5. The van der Waals surface area contributed by atoms with E-state index in [1.807, 2.05) is 0 Å². The third kappa shape index (κ3) is 6.23. The number of hydrogen-bond acceptors (Lipinski definition) is 12. The van der Waals surface area contributed by atoms with E-state index in [9.17, 15) is 29.1 Å². The van der Waals surface area contributed by atoms with E-state index in [1.165, 1.54) is 35.8 Å². The Labute approximate surface area is 210 Å². The van der Waals surface area contributed by atoms with Gasteiger partial charge in [-0.05, 0) is 0 Å². The molecular weight excluding hydrogens is 524 g/mol. The molecule has 0 aliphatic carbocycles. The number of rotatable bonds is 11. The quantitative estimate of drug-likeness (QED) is 0.0991. The summed E-state index contributed by atoms with van der Waals surface area (Å²) in [6.07, 6.45) is 0. The van der Waals surface area contributed by atoms with E-state index in [4.69, 9.17) is 10.8 Å². The van der Waals surface area contributed by atoms with Gasteiger partial charge < -0.3 is 31.4 Å². The number of fused-ring (bicyclic) bond motifs is 1. The second-order valence-corrected chi connectivity index (χ2v) is 10.1. The van der Waals surface area contributed by atoms with Crippen LogP contribution in [0.1, 0.15) is 12.6 Å². The predicted octanol–water partition coefficient (Wildman–Crippen LogP) is -0.904. The summed E-state index contributed by atoms with van der Waals surface area (Å²) in [6, 6.07) is -1.05. The smallest absolute Gasteiger partial charge is 0.353 e. The SMILES string of the molecule is CC(=O)NCCSC1=C(C(=O)O)N2C(=O)[C@@H](NC(=O)C(=NOCC(=O)O)c3csc(N)n3)[C@@H]2SC1. The zero-order valence-electron chi connectivity index (χ0n) is 18.0. The molecule has 1 aromatic heterocycles. The Bertz CT molecular complexity index is 1120. The minimum Gasteiger partial charge on any atom is -0.479 e. The van der Waals surface area contributed by atoms with Gasteiger partial charge in [0.15, 0.2) is 10.8 Å². The molecule has 3 heterocycles. The van der Waals surface area contributed by atoms with E-state index >= 15 is 0 Å². The van der Waals surface area contributed by atoms with E-state index < -0.39 is 41.8 Å². The van der Waals surface area contributed by atoms with Gasteiger partial charge in [0.1, 0.15) is 22.8 Å². The molecule has 188 valence electrons. The molecular formula is C18H20N6O8S3. The average molecular weight is 545 g/mol. The highest BCUT2D eigenvalue weighted by Gasteiger charge is 2.54. The Morgan fingerprint density at radius 3 is 2.71 bits per heavy atom. The molecule has 2 aliphatic rings. The number of thiazole rings is 1. The van der Waals surface area contributed by atoms with Crippen molar-refractivity contribution in [1.82, 2.24) is 20.5 Å². The van der Waals surface area contributed by atoms with Gasteiger partial charge in [-0.15, -0.1) is 34.9 Å². The van der Waals surface area contributed by atoms with Gasteiger partial charge in [0, 0.05) is 35.3 Å². The molecule has 3 rings (SSSR count). The van der Waals surface area contributed by atoms with E-state index in [-0.39, 0.29) is 28.1 Å². The number of aliphatic carboxylic acids is 2. The van der Waals surface area contributed by atoms with Crippen molar-refractivity contribution < 1.29 is 39.0 Å². The van der Waals surface area contributed by atoms with Crippen LogP contribution in [-0.2, 0) is 28.8 Å². The number of nitrogen functional groups attached to an aromatic ring is 1. The lowest BCUT2D eigenvalue weighted by molar-refractivity contribution is -0.150. The molecule has 2 atom stereocenters. The van der Waals surface area contributed by atoms with Gasteiger partial charge >= 0.3 is 11.9 Å². The lowest BCUT2D eigenvalue weighted by Gasteiger charge is -2.49. The number of anilines is 1. The molecule has 14 nitrogen and oxygen atoms in total. The summed E-state index contributed by atoms with van der Waals surface area (Å²) < 4.78 is 0. The largest absolute Gasteiger partial charge is 0.479 e. The number of thioether (sulfide) groups is 2. The first-order chi connectivity index (χ1) is 16.6. The van der Waals surface area contributed by atoms with Crippen LogP contribution >= 0.6 is 34.9 Å². The molecule has 0 aromatic carbocycles. The van der Waals surface area contributed by atoms with Crippen molar-refractivity contribution in [3.63, 3.8) is 0 Å². The van der Waals surface area contributed by atoms with Crippen molar-refractivity contribution >= 4 is 75.4 Å². The number of nitrogens with zero attached hydrogens (tertiary/aromatic N) is 3. The molecule has 0 radical (unpaired) electrons. The molecule has 1 fully saturated rings. The van der Waals surface area contributed by atoms with Crippen molar-refractivity contribution in [2.24, 2.45) is 5.16 Å². The number of carboxylic acid groups (broad SMARTS) is 2. The number of nitrogens with two attached hydrogens (primary N) is 1. The van der Waals surface area contributed by atoms with Crippen LogP contribution < -0.4 is 16.4 Å². The van der Waals surface area contributed by atoms with E-state index in [0.717, 1.165) is 16.2 Å². The van der Waals surface area contributed by atoms with E-state index in [0.29, 0.717) is 23.0 Å². The lowest BCUT2D eigenvalue weighted by atomic mass is 10.0. The monoisotopic (exact) mass is 544 g/mol. The minimum atomic E-state index is -1.31. The van der Waals surface area contributed by atoms with Gasteiger partial charge in [-0.2, -0.15) is 0 Å². The Morgan fingerprint density at radius 1 is 1.37 bits per heavy atom. The van der Waals surface area contributed by atoms with Crippen LogP contribution in [0.2, 0.25) is 0 Å². The van der Waals surface area contributed by atoms with Crippen LogP contribution in [-0.4, -0.2) is 91.5 Å². The molecule has 0 unspecified atom stereocenters. The molecule has 6 N–H and O–H groups in total. The van der Waals surface area contributed by atoms with Crippen molar-refractivity contribution in [2.45, 2.75) is 18.3 Å². The molecule has 1 saturated heterocycles. The van der Waals surface area contributed by atoms with Crippen molar-refractivity contribution in [3.8, 4) is 0 Å². The summed E-state index contributed by atoms with van der Waals surface area (Å²) in [7, 11) is 0. The first kappa shape index (κ1) is 26.3. The van der Waals surface area contributed by atoms with Gasteiger partial charge in [-0.25, -0.2) is 14.6 Å². The number of amides is 3. The number of aromatic nitrogens is 1. The number of nitrogens with one attached hydrogen (secondary N) is 2. The van der Waals surface area contributed by atoms with Gasteiger partial charge in [0.25, 0.3) is 11.8 Å². The Hall–Kier alpha value is -3.31. The standard InChI is InChI=1S/C18H20N6O8S3/c1-7(25)20-2-3-33-9-6-34-16-12(15(29)24(16)13(9)17(30)31)22-14(28)11(23-32-4-10(26)27)8-5-35-18(19)21-8/h5,12,16H,2-4,6H2,1H3,(H2,19,21)(H,20,25)(H,22,28)(H,26,27)(H,30,31)/t12-,16+/m1/s1. The Morgan fingerprint density at radius 2 is 2.11 bits per heavy atom. The number of oxime groups is 1. The number of β-lactam (4-membered cyclic amide) rings is 1. The third-order valence-electron chi connectivity index (χ3n) is 4.50. The molecule has 35 heavy (non-hydrogen) atoms. The average Bonchev–Trinajstić information content (AvgIpc) is 3.22. The highest BCUT2D eigenvalue weighted by Crippen LogP contribution is 2.43. The second kappa shape index (κ2) is 11.4. The third-order valence-corrected chi connectivity index (χ3v) is 7.73. The summed E-state index contributed by atoms with van der Waals surface area (Å²) in [4.78, 5) is 69.5. The molecule has 2 aliphatic heterocycles. The van der Waals surface area contributed by atoms with Crippen LogP contribution in [0.4, 0.5) is 5.13 Å². The number of carbonyl (C=O) groups excluding carboxylic acids is 3. The Kier molecular flexibility index (Phi) is 8.57. The van der Waals surface area contributed by atoms with Crippen molar-refractivity contribution in [3.05, 3.63) is 21.7 Å².